The minimum absolute atomic E-state index is 0.195. The third-order valence-corrected chi connectivity index (χ3v) is 4.26. The molecule has 1 fully saturated rings. The lowest BCUT2D eigenvalue weighted by Crippen LogP contribution is -2.17. The van der Waals surface area contributed by atoms with Crippen molar-refractivity contribution in [1.29, 1.82) is 0 Å². The van der Waals surface area contributed by atoms with Crippen LogP contribution in [0, 0.1) is 0 Å². The van der Waals surface area contributed by atoms with E-state index < -0.39 is 10.0 Å². The Hall–Kier alpha value is -1.23. The fourth-order valence-electron chi connectivity index (χ4n) is 1.41. The van der Waals surface area contributed by atoms with Crippen LogP contribution in [0.1, 0.15) is 19.8 Å². The Bertz CT molecular complexity index is 449. The van der Waals surface area contributed by atoms with Crippen LogP contribution in [0.25, 0.3) is 0 Å². The minimum Gasteiger partial charge on any atom is -0.494 e. The average molecular weight is 241 g/mol. The first-order chi connectivity index (χ1) is 7.62. The highest BCUT2D eigenvalue weighted by Crippen LogP contribution is 2.29. The summed E-state index contributed by atoms with van der Waals surface area (Å²) < 4.78 is 31.1. The van der Waals surface area contributed by atoms with Crippen molar-refractivity contribution in [2.24, 2.45) is 0 Å². The van der Waals surface area contributed by atoms with Gasteiger partial charge in [0.05, 0.1) is 11.9 Å². The third-order valence-electron chi connectivity index (χ3n) is 2.39. The Labute approximate surface area is 95.7 Å². The monoisotopic (exact) mass is 241 g/mol. The van der Waals surface area contributed by atoms with Gasteiger partial charge in [-0.2, -0.15) is 0 Å². The van der Waals surface area contributed by atoms with E-state index in [0.717, 1.165) is 18.6 Å². The number of hydrogen-bond donors (Lipinski definition) is 1. The Morgan fingerprint density at radius 1 is 1.31 bits per heavy atom. The highest BCUT2D eigenvalue weighted by molar-refractivity contribution is 7.93. The molecule has 0 aromatic heterocycles. The second-order valence-electron chi connectivity index (χ2n) is 3.80. The standard InChI is InChI=1S/C11H15NO3S/c1-2-15-10-5-3-9(4-6-10)12-16(13,14)11-7-8-11/h3-6,11-12H,2,7-8H2,1H3. The van der Waals surface area contributed by atoms with Gasteiger partial charge in [0.1, 0.15) is 5.75 Å². The van der Waals surface area contributed by atoms with Crippen LogP contribution in [-0.2, 0) is 10.0 Å². The molecule has 2 rings (SSSR count). The molecule has 0 atom stereocenters. The molecular weight excluding hydrogens is 226 g/mol. The Morgan fingerprint density at radius 2 is 1.94 bits per heavy atom. The molecule has 88 valence electrons. The van der Waals surface area contributed by atoms with Gasteiger partial charge in [-0.25, -0.2) is 8.42 Å². The lowest BCUT2D eigenvalue weighted by molar-refractivity contribution is 0.340. The molecule has 1 aromatic carbocycles. The van der Waals surface area contributed by atoms with E-state index in [1.165, 1.54) is 0 Å². The van der Waals surface area contributed by atoms with E-state index in [1.54, 1.807) is 24.3 Å². The van der Waals surface area contributed by atoms with Gasteiger partial charge < -0.3 is 4.74 Å². The molecule has 5 heteroatoms. The number of ether oxygens (including phenoxy) is 1. The first-order valence-electron chi connectivity index (χ1n) is 5.36. The van der Waals surface area contributed by atoms with E-state index in [2.05, 4.69) is 4.72 Å². The summed E-state index contributed by atoms with van der Waals surface area (Å²) in [6, 6.07) is 6.94. The van der Waals surface area contributed by atoms with Crippen molar-refractivity contribution in [3.63, 3.8) is 0 Å². The van der Waals surface area contributed by atoms with E-state index in [1.807, 2.05) is 6.92 Å². The zero-order chi connectivity index (χ0) is 11.6. The molecule has 0 saturated heterocycles. The van der Waals surface area contributed by atoms with E-state index in [4.69, 9.17) is 4.74 Å². The van der Waals surface area contributed by atoms with Crippen LogP contribution < -0.4 is 9.46 Å². The van der Waals surface area contributed by atoms with Crippen molar-refractivity contribution in [1.82, 2.24) is 0 Å². The summed E-state index contributed by atoms with van der Waals surface area (Å²) in [5, 5.41) is -0.195. The smallest absolute Gasteiger partial charge is 0.235 e. The molecule has 0 bridgehead atoms. The maximum absolute atomic E-state index is 11.6. The van der Waals surface area contributed by atoms with Crippen LogP contribution in [0.4, 0.5) is 5.69 Å². The number of rotatable bonds is 5. The molecule has 1 aliphatic carbocycles. The van der Waals surface area contributed by atoms with Gasteiger partial charge in [0.15, 0.2) is 0 Å². The van der Waals surface area contributed by atoms with Crippen LogP contribution in [0.2, 0.25) is 0 Å². The maximum atomic E-state index is 11.6. The van der Waals surface area contributed by atoms with Gasteiger partial charge in [-0.05, 0) is 44.0 Å². The van der Waals surface area contributed by atoms with Crippen molar-refractivity contribution in [3.8, 4) is 5.75 Å². The quantitative estimate of drug-likeness (QED) is 0.857. The zero-order valence-corrected chi connectivity index (χ0v) is 9.96. The minimum atomic E-state index is -3.16. The van der Waals surface area contributed by atoms with Gasteiger partial charge in [-0.3, -0.25) is 4.72 Å². The number of nitrogens with one attached hydrogen (secondary N) is 1. The average Bonchev–Trinajstić information content (AvgIpc) is 3.04. The predicted molar refractivity (Wildman–Crippen MR) is 63.2 cm³/mol. The highest BCUT2D eigenvalue weighted by atomic mass is 32.2. The van der Waals surface area contributed by atoms with E-state index in [-0.39, 0.29) is 5.25 Å². The molecule has 0 spiro atoms. The summed E-state index contributed by atoms with van der Waals surface area (Å²) in [5.74, 6) is 0.747. The summed E-state index contributed by atoms with van der Waals surface area (Å²) in [5.41, 5.74) is 0.593. The first kappa shape index (κ1) is 11.3. The van der Waals surface area contributed by atoms with Gasteiger partial charge in [0.2, 0.25) is 10.0 Å². The van der Waals surface area contributed by atoms with Crippen LogP contribution in [-0.4, -0.2) is 20.3 Å². The predicted octanol–water partition coefficient (Wildman–Crippen LogP) is 1.99. The van der Waals surface area contributed by atoms with Crippen molar-refractivity contribution >= 4 is 15.7 Å². The SMILES string of the molecule is CCOc1ccc(NS(=O)(=O)C2CC2)cc1. The van der Waals surface area contributed by atoms with Crippen LogP contribution in [0.3, 0.4) is 0 Å². The van der Waals surface area contributed by atoms with Crippen molar-refractivity contribution in [3.05, 3.63) is 24.3 Å². The van der Waals surface area contributed by atoms with Gasteiger partial charge in [0.25, 0.3) is 0 Å². The van der Waals surface area contributed by atoms with Crippen LogP contribution in [0.15, 0.2) is 24.3 Å². The van der Waals surface area contributed by atoms with Gasteiger partial charge >= 0.3 is 0 Å². The number of anilines is 1. The molecule has 16 heavy (non-hydrogen) atoms. The molecule has 1 aliphatic rings. The second-order valence-corrected chi connectivity index (χ2v) is 5.76. The fraction of sp³-hybridized carbons (Fsp3) is 0.455. The molecule has 0 unspecified atom stereocenters. The number of hydrogen-bond acceptors (Lipinski definition) is 3. The summed E-state index contributed by atoms with van der Waals surface area (Å²) in [6.45, 7) is 2.51. The largest absolute Gasteiger partial charge is 0.494 e. The lowest BCUT2D eigenvalue weighted by Gasteiger charge is -2.08. The summed E-state index contributed by atoms with van der Waals surface area (Å²) >= 11 is 0. The van der Waals surface area contributed by atoms with Gasteiger partial charge in [-0.15, -0.1) is 0 Å². The maximum Gasteiger partial charge on any atom is 0.235 e. The van der Waals surface area contributed by atoms with E-state index >= 15 is 0 Å². The van der Waals surface area contributed by atoms with Crippen LogP contribution >= 0.6 is 0 Å². The Balaban J connectivity index is 2.04. The first-order valence-corrected chi connectivity index (χ1v) is 6.91. The molecular formula is C11H15NO3S. The molecule has 1 saturated carbocycles. The van der Waals surface area contributed by atoms with E-state index in [0.29, 0.717) is 12.3 Å². The molecule has 4 nitrogen and oxygen atoms in total. The molecule has 0 heterocycles. The van der Waals surface area contributed by atoms with Gasteiger partial charge in [0, 0.05) is 5.69 Å². The topological polar surface area (TPSA) is 55.4 Å². The van der Waals surface area contributed by atoms with Gasteiger partial charge in [-0.1, -0.05) is 0 Å². The zero-order valence-electron chi connectivity index (χ0n) is 9.14. The summed E-state index contributed by atoms with van der Waals surface area (Å²) in [6.07, 6.45) is 1.54. The van der Waals surface area contributed by atoms with Crippen molar-refractivity contribution in [2.45, 2.75) is 25.0 Å². The molecule has 0 amide bonds. The second kappa shape index (κ2) is 4.33. The molecule has 0 aliphatic heterocycles. The van der Waals surface area contributed by atoms with E-state index in [9.17, 15) is 8.42 Å². The third kappa shape index (κ3) is 2.66. The number of benzene rings is 1. The molecule has 1 N–H and O–H groups in total. The van der Waals surface area contributed by atoms with Crippen LogP contribution in [0.5, 0.6) is 5.75 Å². The normalized spacial score (nSPS) is 15.8. The number of sulfonamides is 1. The molecule has 1 aromatic rings. The highest BCUT2D eigenvalue weighted by Gasteiger charge is 2.35. The summed E-state index contributed by atoms with van der Waals surface area (Å²) in [7, 11) is -3.16. The Kier molecular flexibility index (Phi) is 3.05. The summed E-state index contributed by atoms with van der Waals surface area (Å²) in [4.78, 5) is 0. The fourth-order valence-corrected chi connectivity index (χ4v) is 2.80. The Morgan fingerprint density at radius 3 is 2.44 bits per heavy atom. The van der Waals surface area contributed by atoms with Crippen molar-refractivity contribution in [2.75, 3.05) is 11.3 Å². The molecule has 0 radical (unpaired) electrons. The lowest BCUT2D eigenvalue weighted by atomic mass is 10.3. The van der Waals surface area contributed by atoms with Crippen molar-refractivity contribution < 1.29 is 13.2 Å².